The minimum Gasteiger partial charge on any atom is -0.484 e. The lowest BCUT2D eigenvalue weighted by Gasteiger charge is -2.48. The Kier molecular flexibility index (Phi) is 3.28. The van der Waals surface area contributed by atoms with E-state index in [9.17, 15) is 0 Å². The Hall–Kier alpha value is -1.42. The summed E-state index contributed by atoms with van der Waals surface area (Å²) >= 11 is 0. The largest absolute Gasteiger partial charge is 0.484 e. The summed E-state index contributed by atoms with van der Waals surface area (Å²) < 4.78 is 6.11. The molecule has 0 amide bonds. The molecule has 0 aromatic heterocycles. The normalized spacial score (nSPS) is 25.9. The van der Waals surface area contributed by atoms with Crippen LogP contribution in [0.15, 0.2) is 18.2 Å². The molecule has 2 aliphatic rings. The van der Waals surface area contributed by atoms with Crippen LogP contribution in [-0.4, -0.2) is 36.8 Å². The number of hydrogen-bond acceptors (Lipinski definition) is 4. The van der Waals surface area contributed by atoms with Crippen LogP contribution in [0.2, 0.25) is 0 Å². The highest BCUT2D eigenvalue weighted by Gasteiger charge is 2.37. The maximum atomic E-state index is 6.11. The molecule has 0 radical (unpaired) electrons. The van der Waals surface area contributed by atoms with Crippen LogP contribution < -0.4 is 15.4 Å². The van der Waals surface area contributed by atoms with Gasteiger partial charge in [-0.05, 0) is 64.9 Å². The summed E-state index contributed by atoms with van der Waals surface area (Å²) in [5, 5.41) is 0. The van der Waals surface area contributed by atoms with Gasteiger partial charge in [0, 0.05) is 5.69 Å². The van der Waals surface area contributed by atoms with Crippen LogP contribution in [0.3, 0.4) is 0 Å². The fourth-order valence-electron chi connectivity index (χ4n) is 3.39. The second-order valence-corrected chi connectivity index (χ2v) is 6.67. The van der Waals surface area contributed by atoms with E-state index in [1.165, 1.54) is 25.8 Å². The van der Waals surface area contributed by atoms with Gasteiger partial charge >= 0.3 is 0 Å². The van der Waals surface area contributed by atoms with Crippen molar-refractivity contribution >= 4 is 11.4 Å². The Bertz CT molecular complexity index is 500. The van der Waals surface area contributed by atoms with Gasteiger partial charge in [0.2, 0.25) is 0 Å². The van der Waals surface area contributed by atoms with E-state index in [-0.39, 0.29) is 5.60 Å². The lowest BCUT2D eigenvalue weighted by atomic mass is 10.0. The summed E-state index contributed by atoms with van der Waals surface area (Å²) in [6.45, 7) is 6.38. The molecule has 1 aromatic carbocycles. The number of nitrogens with zero attached hydrogens (tertiary/aromatic N) is 2. The van der Waals surface area contributed by atoms with E-state index in [0.29, 0.717) is 6.17 Å². The highest BCUT2D eigenvalue weighted by molar-refractivity contribution is 5.67. The lowest BCUT2D eigenvalue weighted by molar-refractivity contribution is 0.0826. The monoisotopic (exact) mass is 275 g/mol. The van der Waals surface area contributed by atoms with Crippen molar-refractivity contribution in [3.05, 3.63) is 18.2 Å². The first kappa shape index (κ1) is 13.6. The molecule has 4 nitrogen and oxygen atoms in total. The highest BCUT2D eigenvalue weighted by atomic mass is 16.5. The van der Waals surface area contributed by atoms with Crippen LogP contribution in [0.5, 0.6) is 5.75 Å². The van der Waals surface area contributed by atoms with E-state index in [4.69, 9.17) is 10.5 Å². The maximum Gasteiger partial charge on any atom is 0.143 e. The number of nitrogen functional groups attached to an aromatic ring is 1. The number of nitrogens with two attached hydrogens (primary N) is 1. The number of anilines is 2. The third-order valence-electron chi connectivity index (χ3n) is 4.32. The SMILES string of the molecule is CN1CCCCC1N1CC(C)(C)Oc2ccc(N)cc21. The average Bonchev–Trinajstić information content (AvgIpc) is 2.38. The van der Waals surface area contributed by atoms with Crippen molar-refractivity contribution in [2.24, 2.45) is 0 Å². The van der Waals surface area contributed by atoms with E-state index < -0.39 is 0 Å². The molecule has 0 bridgehead atoms. The molecule has 1 atom stereocenters. The number of rotatable bonds is 1. The first-order valence-corrected chi connectivity index (χ1v) is 7.52. The van der Waals surface area contributed by atoms with Crippen LogP contribution in [-0.2, 0) is 0 Å². The van der Waals surface area contributed by atoms with Gasteiger partial charge in [-0.1, -0.05) is 0 Å². The molecule has 1 saturated heterocycles. The van der Waals surface area contributed by atoms with Crippen molar-refractivity contribution in [3.8, 4) is 5.75 Å². The molecule has 4 heteroatoms. The van der Waals surface area contributed by atoms with Gasteiger partial charge in [0.1, 0.15) is 11.4 Å². The van der Waals surface area contributed by atoms with Crippen molar-refractivity contribution in [3.63, 3.8) is 0 Å². The zero-order chi connectivity index (χ0) is 14.3. The van der Waals surface area contributed by atoms with Crippen LogP contribution in [0, 0.1) is 0 Å². The van der Waals surface area contributed by atoms with Gasteiger partial charge in [0.05, 0.1) is 18.4 Å². The molecule has 2 heterocycles. The Balaban J connectivity index is 1.99. The zero-order valence-electron chi connectivity index (χ0n) is 12.7. The third kappa shape index (κ3) is 2.44. The third-order valence-corrected chi connectivity index (χ3v) is 4.32. The quantitative estimate of drug-likeness (QED) is 0.800. The standard InChI is InChI=1S/C16H25N3O/c1-16(2)11-19(15-6-4-5-9-18(15)3)13-10-12(17)7-8-14(13)20-16/h7-8,10,15H,4-6,9,11,17H2,1-3H3. The molecule has 2 aliphatic heterocycles. The fraction of sp³-hybridized carbons (Fsp3) is 0.625. The van der Waals surface area contributed by atoms with E-state index in [1.54, 1.807) is 0 Å². The second kappa shape index (κ2) is 4.85. The van der Waals surface area contributed by atoms with Gasteiger partial charge in [-0.25, -0.2) is 0 Å². The minimum atomic E-state index is -0.165. The van der Waals surface area contributed by atoms with Crippen molar-refractivity contribution in [2.45, 2.75) is 44.9 Å². The van der Waals surface area contributed by atoms with Gasteiger partial charge in [-0.2, -0.15) is 0 Å². The minimum absolute atomic E-state index is 0.165. The molecule has 0 spiro atoms. The summed E-state index contributed by atoms with van der Waals surface area (Å²) in [7, 11) is 2.22. The number of benzene rings is 1. The van der Waals surface area contributed by atoms with Crippen LogP contribution >= 0.6 is 0 Å². The fourth-order valence-corrected chi connectivity index (χ4v) is 3.39. The molecule has 1 unspecified atom stereocenters. The predicted octanol–water partition coefficient (Wildman–Crippen LogP) is 2.69. The molecule has 0 saturated carbocycles. The van der Waals surface area contributed by atoms with Crippen molar-refractivity contribution in [1.29, 1.82) is 0 Å². The molecule has 1 fully saturated rings. The molecule has 0 aliphatic carbocycles. The van der Waals surface area contributed by atoms with Crippen LogP contribution in [0.25, 0.3) is 0 Å². The topological polar surface area (TPSA) is 41.7 Å². The van der Waals surface area contributed by atoms with E-state index in [1.807, 2.05) is 18.2 Å². The van der Waals surface area contributed by atoms with Gasteiger partial charge in [0.25, 0.3) is 0 Å². The van der Waals surface area contributed by atoms with Gasteiger partial charge < -0.3 is 15.4 Å². The van der Waals surface area contributed by atoms with Crippen molar-refractivity contribution in [1.82, 2.24) is 4.90 Å². The second-order valence-electron chi connectivity index (χ2n) is 6.67. The molecule has 1 aromatic rings. The maximum absolute atomic E-state index is 6.11. The zero-order valence-corrected chi connectivity index (χ0v) is 12.7. The van der Waals surface area contributed by atoms with Crippen LogP contribution in [0.4, 0.5) is 11.4 Å². The Morgan fingerprint density at radius 3 is 2.85 bits per heavy atom. The first-order chi connectivity index (χ1) is 9.46. The number of fused-ring (bicyclic) bond motifs is 1. The molecular formula is C16H25N3O. The molecular weight excluding hydrogens is 250 g/mol. The number of likely N-dealkylation sites (tertiary alicyclic amines) is 1. The molecule has 3 rings (SSSR count). The summed E-state index contributed by atoms with van der Waals surface area (Å²) in [5.74, 6) is 0.953. The van der Waals surface area contributed by atoms with Gasteiger partial charge in [-0.3, -0.25) is 4.90 Å². The van der Waals surface area contributed by atoms with E-state index in [2.05, 4.69) is 30.7 Å². The van der Waals surface area contributed by atoms with Gasteiger partial charge in [-0.15, -0.1) is 0 Å². The Labute approximate surface area is 121 Å². The van der Waals surface area contributed by atoms with Crippen molar-refractivity contribution in [2.75, 3.05) is 30.8 Å². The lowest BCUT2D eigenvalue weighted by Crippen LogP contribution is -2.56. The van der Waals surface area contributed by atoms with Gasteiger partial charge in [0.15, 0.2) is 0 Å². The Morgan fingerprint density at radius 1 is 1.30 bits per heavy atom. The number of hydrogen-bond donors (Lipinski definition) is 1. The summed E-state index contributed by atoms with van der Waals surface area (Å²) in [4.78, 5) is 4.94. The predicted molar refractivity (Wildman–Crippen MR) is 83.2 cm³/mol. The highest BCUT2D eigenvalue weighted by Crippen LogP contribution is 2.40. The molecule has 110 valence electrons. The van der Waals surface area contributed by atoms with Crippen LogP contribution in [0.1, 0.15) is 33.1 Å². The van der Waals surface area contributed by atoms with E-state index in [0.717, 1.165) is 23.7 Å². The first-order valence-electron chi connectivity index (χ1n) is 7.52. The smallest absolute Gasteiger partial charge is 0.143 e. The number of piperidine rings is 1. The van der Waals surface area contributed by atoms with E-state index >= 15 is 0 Å². The molecule has 2 N–H and O–H groups in total. The summed E-state index contributed by atoms with van der Waals surface area (Å²) in [6.07, 6.45) is 4.25. The average molecular weight is 275 g/mol. The summed E-state index contributed by atoms with van der Waals surface area (Å²) in [5.41, 5.74) is 7.76. The Morgan fingerprint density at radius 2 is 2.10 bits per heavy atom. The molecule has 20 heavy (non-hydrogen) atoms. The summed E-state index contributed by atoms with van der Waals surface area (Å²) in [6, 6.07) is 5.97. The van der Waals surface area contributed by atoms with Crippen molar-refractivity contribution < 1.29 is 4.74 Å². The number of ether oxygens (including phenoxy) is 1.